The summed E-state index contributed by atoms with van der Waals surface area (Å²) in [5.41, 5.74) is 0.693. The van der Waals surface area contributed by atoms with Crippen LogP contribution in [0.5, 0.6) is 0 Å². The van der Waals surface area contributed by atoms with Gasteiger partial charge in [0.1, 0.15) is 0 Å². The zero-order chi connectivity index (χ0) is 11.1. The summed E-state index contributed by atoms with van der Waals surface area (Å²) in [6.07, 6.45) is 1.99. The Morgan fingerprint density at radius 3 is 3.00 bits per heavy atom. The molecule has 0 bridgehead atoms. The standard InChI is InChI=1S/C11H15NO2S/c1-14-7-6-12-11(13)9-4-3-5-10(8-9)15-2/h3-5,8H,6-7H2,1-2H3,(H,12,13). The van der Waals surface area contributed by atoms with Crippen molar-refractivity contribution in [3.8, 4) is 0 Å². The van der Waals surface area contributed by atoms with Crippen molar-refractivity contribution < 1.29 is 9.53 Å². The molecule has 0 aliphatic rings. The summed E-state index contributed by atoms with van der Waals surface area (Å²) in [5, 5.41) is 2.78. The Morgan fingerprint density at radius 1 is 1.53 bits per heavy atom. The van der Waals surface area contributed by atoms with Crippen LogP contribution in [0.4, 0.5) is 0 Å². The van der Waals surface area contributed by atoms with Gasteiger partial charge < -0.3 is 10.1 Å². The van der Waals surface area contributed by atoms with Crippen LogP contribution in [0.25, 0.3) is 0 Å². The summed E-state index contributed by atoms with van der Waals surface area (Å²) in [5.74, 6) is -0.0528. The van der Waals surface area contributed by atoms with E-state index >= 15 is 0 Å². The van der Waals surface area contributed by atoms with Crippen LogP contribution >= 0.6 is 11.8 Å². The van der Waals surface area contributed by atoms with Crippen molar-refractivity contribution in [2.75, 3.05) is 26.5 Å². The molecule has 0 saturated heterocycles. The van der Waals surface area contributed by atoms with E-state index in [2.05, 4.69) is 5.32 Å². The number of ether oxygens (including phenoxy) is 1. The molecule has 82 valence electrons. The molecule has 0 aliphatic carbocycles. The second-order valence-electron chi connectivity index (χ2n) is 2.98. The van der Waals surface area contributed by atoms with Gasteiger partial charge in [-0.3, -0.25) is 4.79 Å². The zero-order valence-corrected chi connectivity index (χ0v) is 9.76. The summed E-state index contributed by atoms with van der Waals surface area (Å²) in [6, 6.07) is 7.56. The van der Waals surface area contributed by atoms with Gasteiger partial charge in [0.05, 0.1) is 6.61 Å². The Hall–Kier alpha value is -1.00. The predicted octanol–water partition coefficient (Wildman–Crippen LogP) is 1.78. The number of hydrogen-bond acceptors (Lipinski definition) is 3. The van der Waals surface area contributed by atoms with Crippen molar-refractivity contribution in [1.82, 2.24) is 5.32 Å². The van der Waals surface area contributed by atoms with Crippen LogP contribution in [-0.2, 0) is 4.74 Å². The van der Waals surface area contributed by atoms with Gasteiger partial charge in [0.2, 0.25) is 0 Å². The summed E-state index contributed by atoms with van der Waals surface area (Å²) in [4.78, 5) is 12.7. The lowest BCUT2D eigenvalue weighted by Gasteiger charge is -2.05. The minimum Gasteiger partial charge on any atom is -0.383 e. The van der Waals surface area contributed by atoms with Crippen LogP contribution in [0.2, 0.25) is 0 Å². The number of carbonyl (C=O) groups excluding carboxylic acids is 1. The highest BCUT2D eigenvalue weighted by Crippen LogP contribution is 2.15. The summed E-state index contributed by atoms with van der Waals surface area (Å²) in [7, 11) is 1.61. The monoisotopic (exact) mass is 225 g/mol. The lowest BCUT2D eigenvalue weighted by atomic mass is 10.2. The molecule has 4 heteroatoms. The summed E-state index contributed by atoms with van der Waals surface area (Å²) < 4.78 is 4.85. The number of rotatable bonds is 5. The normalized spacial score (nSPS) is 10.0. The first-order valence-corrected chi connectivity index (χ1v) is 5.91. The Kier molecular flexibility index (Phi) is 5.21. The molecule has 1 aromatic carbocycles. The van der Waals surface area contributed by atoms with Crippen LogP contribution in [-0.4, -0.2) is 32.4 Å². The quantitative estimate of drug-likeness (QED) is 0.613. The molecule has 1 rings (SSSR count). The third kappa shape index (κ3) is 3.93. The first-order chi connectivity index (χ1) is 7.27. The van der Waals surface area contributed by atoms with Crippen LogP contribution in [0.15, 0.2) is 29.2 Å². The molecule has 0 heterocycles. The average Bonchev–Trinajstić information content (AvgIpc) is 2.29. The van der Waals surface area contributed by atoms with Crippen molar-refractivity contribution in [2.45, 2.75) is 4.90 Å². The molecule has 0 atom stereocenters. The van der Waals surface area contributed by atoms with E-state index in [0.29, 0.717) is 18.7 Å². The van der Waals surface area contributed by atoms with E-state index in [-0.39, 0.29) is 5.91 Å². The van der Waals surface area contributed by atoms with Crippen LogP contribution in [0.3, 0.4) is 0 Å². The molecule has 3 nitrogen and oxygen atoms in total. The smallest absolute Gasteiger partial charge is 0.251 e. The molecule has 15 heavy (non-hydrogen) atoms. The van der Waals surface area contributed by atoms with Gasteiger partial charge >= 0.3 is 0 Å². The number of amides is 1. The largest absolute Gasteiger partial charge is 0.383 e. The van der Waals surface area contributed by atoms with Gasteiger partial charge in [-0.1, -0.05) is 6.07 Å². The molecule has 0 saturated carbocycles. The number of carbonyl (C=O) groups is 1. The summed E-state index contributed by atoms with van der Waals surface area (Å²) in [6.45, 7) is 1.08. The maximum absolute atomic E-state index is 11.6. The first kappa shape index (κ1) is 12.1. The van der Waals surface area contributed by atoms with E-state index in [1.807, 2.05) is 30.5 Å². The highest BCUT2D eigenvalue weighted by Gasteiger charge is 2.04. The minimum atomic E-state index is -0.0528. The molecule has 0 radical (unpaired) electrons. The van der Waals surface area contributed by atoms with Crippen LogP contribution < -0.4 is 5.32 Å². The topological polar surface area (TPSA) is 38.3 Å². The number of thioether (sulfide) groups is 1. The second kappa shape index (κ2) is 6.48. The molecule has 0 aliphatic heterocycles. The number of hydrogen-bond donors (Lipinski definition) is 1. The third-order valence-electron chi connectivity index (χ3n) is 1.92. The maximum Gasteiger partial charge on any atom is 0.251 e. The van der Waals surface area contributed by atoms with Crippen molar-refractivity contribution in [1.29, 1.82) is 0 Å². The van der Waals surface area contributed by atoms with Gasteiger partial charge in [-0.25, -0.2) is 0 Å². The fourth-order valence-corrected chi connectivity index (χ4v) is 1.59. The van der Waals surface area contributed by atoms with E-state index in [9.17, 15) is 4.79 Å². The fraction of sp³-hybridized carbons (Fsp3) is 0.364. The zero-order valence-electron chi connectivity index (χ0n) is 8.95. The van der Waals surface area contributed by atoms with E-state index in [1.165, 1.54) is 0 Å². The molecule has 1 aromatic rings. The molecular weight excluding hydrogens is 210 g/mol. The maximum atomic E-state index is 11.6. The number of methoxy groups -OCH3 is 1. The van der Waals surface area contributed by atoms with Gasteiger partial charge in [-0.05, 0) is 24.5 Å². The third-order valence-corrected chi connectivity index (χ3v) is 2.65. The molecule has 0 aromatic heterocycles. The second-order valence-corrected chi connectivity index (χ2v) is 3.86. The van der Waals surface area contributed by atoms with Gasteiger partial charge in [-0.15, -0.1) is 11.8 Å². The summed E-state index contributed by atoms with van der Waals surface area (Å²) >= 11 is 1.62. The molecule has 0 fully saturated rings. The Morgan fingerprint density at radius 2 is 2.33 bits per heavy atom. The predicted molar refractivity (Wildman–Crippen MR) is 62.4 cm³/mol. The minimum absolute atomic E-state index is 0.0528. The van der Waals surface area contributed by atoms with Gasteiger partial charge in [0.15, 0.2) is 0 Å². The molecular formula is C11H15NO2S. The lowest BCUT2D eigenvalue weighted by molar-refractivity contribution is 0.0937. The van der Waals surface area contributed by atoms with E-state index in [0.717, 1.165) is 4.90 Å². The highest BCUT2D eigenvalue weighted by molar-refractivity contribution is 7.98. The van der Waals surface area contributed by atoms with E-state index in [4.69, 9.17) is 4.74 Å². The molecule has 0 spiro atoms. The van der Waals surface area contributed by atoms with Gasteiger partial charge in [0, 0.05) is 24.1 Å². The molecule has 1 amide bonds. The van der Waals surface area contributed by atoms with Crippen molar-refractivity contribution in [2.24, 2.45) is 0 Å². The molecule has 0 unspecified atom stereocenters. The Balaban J connectivity index is 2.57. The van der Waals surface area contributed by atoms with Crippen molar-refractivity contribution >= 4 is 17.7 Å². The van der Waals surface area contributed by atoms with Crippen LogP contribution in [0, 0.1) is 0 Å². The molecule has 1 N–H and O–H groups in total. The SMILES string of the molecule is COCCNC(=O)c1cccc(SC)c1. The number of nitrogens with one attached hydrogen (secondary N) is 1. The van der Waals surface area contributed by atoms with E-state index < -0.39 is 0 Å². The van der Waals surface area contributed by atoms with E-state index in [1.54, 1.807) is 18.9 Å². The Labute approximate surface area is 94.2 Å². The Bertz CT molecular complexity index is 328. The lowest BCUT2D eigenvalue weighted by Crippen LogP contribution is -2.26. The average molecular weight is 225 g/mol. The van der Waals surface area contributed by atoms with Gasteiger partial charge in [0.25, 0.3) is 5.91 Å². The fourth-order valence-electron chi connectivity index (χ4n) is 1.13. The van der Waals surface area contributed by atoms with Gasteiger partial charge in [-0.2, -0.15) is 0 Å². The van der Waals surface area contributed by atoms with Crippen molar-refractivity contribution in [3.05, 3.63) is 29.8 Å². The van der Waals surface area contributed by atoms with Crippen LogP contribution in [0.1, 0.15) is 10.4 Å². The first-order valence-electron chi connectivity index (χ1n) is 4.69. The number of benzene rings is 1. The van der Waals surface area contributed by atoms with Crippen molar-refractivity contribution in [3.63, 3.8) is 0 Å². The highest BCUT2D eigenvalue weighted by atomic mass is 32.2.